The van der Waals surface area contributed by atoms with Crippen LogP contribution in [0.3, 0.4) is 0 Å². The van der Waals surface area contributed by atoms with Gasteiger partial charge in [0.2, 0.25) is 5.95 Å². The molecule has 0 unspecified atom stereocenters. The summed E-state index contributed by atoms with van der Waals surface area (Å²) in [6.45, 7) is 1.44. The molecule has 21 heavy (non-hydrogen) atoms. The number of hydrogen-bond donors (Lipinski definition) is 2. The number of benzene rings is 1. The van der Waals surface area contributed by atoms with E-state index in [1.165, 1.54) is 0 Å². The van der Waals surface area contributed by atoms with Crippen LogP contribution in [0.1, 0.15) is 6.42 Å². The molecule has 2 aromatic rings. The minimum atomic E-state index is 0.366. The van der Waals surface area contributed by atoms with E-state index in [1.807, 2.05) is 0 Å². The van der Waals surface area contributed by atoms with Crippen molar-refractivity contribution in [2.45, 2.75) is 6.42 Å². The minimum Gasteiger partial charge on any atom is -0.385 e. The first kappa shape index (κ1) is 15.8. The van der Waals surface area contributed by atoms with Crippen LogP contribution >= 0.6 is 23.2 Å². The maximum absolute atomic E-state index is 5.94. The Kier molecular flexibility index (Phi) is 5.98. The SMILES string of the molecule is COCCCNc1cnnc(Nc2cc(Cl)cc(Cl)c2)n1. The summed E-state index contributed by atoms with van der Waals surface area (Å²) in [5, 5.41) is 15.0. The molecule has 0 bridgehead atoms. The minimum absolute atomic E-state index is 0.366. The van der Waals surface area contributed by atoms with Crippen molar-refractivity contribution in [3.05, 3.63) is 34.4 Å². The summed E-state index contributed by atoms with van der Waals surface area (Å²) in [5.74, 6) is 1.00. The molecule has 112 valence electrons. The van der Waals surface area contributed by atoms with Crippen LogP contribution in [-0.2, 0) is 4.74 Å². The average Bonchev–Trinajstić information content (AvgIpc) is 2.43. The molecule has 2 rings (SSSR count). The molecule has 6 nitrogen and oxygen atoms in total. The molecule has 1 aromatic carbocycles. The number of nitrogens with zero attached hydrogens (tertiary/aromatic N) is 3. The van der Waals surface area contributed by atoms with Gasteiger partial charge in [-0.25, -0.2) is 0 Å². The molecular weight excluding hydrogens is 313 g/mol. The van der Waals surface area contributed by atoms with Gasteiger partial charge in [0.05, 0.1) is 6.20 Å². The first-order valence-corrected chi connectivity index (χ1v) is 7.08. The zero-order valence-electron chi connectivity index (χ0n) is 11.4. The fourth-order valence-electron chi connectivity index (χ4n) is 1.63. The van der Waals surface area contributed by atoms with Gasteiger partial charge < -0.3 is 15.4 Å². The number of methoxy groups -OCH3 is 1. The molecule has 0 fully saturated rings. The zero-order chi connectivity index (χ0) is 15.1. The quantitative estimate of drug-likeness (QED) is 0.759. The molecule has 0 aliphatic carbocycles. The lowest BCUT2D eigenvalue weighted by Crippen LogP contribution is -2.08. The Labute approximate surface area is 132 Å². The van der Waals surface area contributed by atoms with E-state index in [9.17, 15) is 0 Å². The van der Waals surface area contributed by atoms with E-state index in [1.54, 1.807) is 31.5 Å². The van der Waals surface area contributed by atoms with Gasteiger partial charge in [-0.3, -0.25) is 0 Å². The third kappa shape index (κ3) is 5.34. The smallest absolute Gasteiger partial charge is 0.249 e. The molecule has 1 heterocycles. The lowest BCUT2D eigenvalue weighted by molar-refractivity contribution is 0.197. The summed E-state index contributed by atoms with van der Waals surface area (Å²) >= 11 is 11.9. The highest BCUT2D eigenvalue weighted by Crippen LogP contribution is 2.24. The Bertz CT molecular complexity index is 576. The van der Waals surface area contributed by atoms with Crippen molar-refractivity contribution in [1.29, 1.82) is 0 Å². The lowest BCUT2D eigenvalue weighted by Gasteiger charge is -2.08. The molecule has 8 heteroatoms. The summed E-state index contributed by atoms with van der Waals surface area (Å²) in [6.07, 6.45) is 2.44. The molecule has 0 atom stereocenters. The predicted octanol–water partition coefficient (Wildman–Crippen LogP) is 3.37. The summed E-state index contributed by atoms with van der Waals surface area (Å²) in [7, 11) is 1.67. The van der Waals surface area contributed by atoms with Crippen molar-refractivity contribution in [2.75, 3.05) is 30.9 Å². The number of ether oxygens (including phenoxy) is 1. The van der Waals surface area contributed by atoms with Crippen molar-refractivity contribution in [2.24, 2.45) is 0 Å². The molecule has 0 amide bonds. The lowest BCUT2D eigenvalue weighted by atomic mass is 10.3. The topological polar surface area (TPSA) is 72.0 Å². The molecule has 0 saturated carbocycles. The Morgan fingerprint density at radius 1 is 1.19 bits per heavy atom. The van der Waals surface area contributed by atoms with Crippen molar-refractivity contribution < 1.29 is 4.74 Å². The van der Waals surface area contributed by atoms with Gasteiger partial charge in [-0.05, 0) is 24.6 Å². The number of halogens is 2. The zero-order valence-corrected chi connectivity index (χ0v) is 12.9. The van der Waals surface area contributed by atoms with Gasteiger partial charge in [0, 0.05) is 36.0 Å². The highest BCUT2D eigenvalue weighted by molar-refractivity contribution is 6.35. The molecule has 2 N–H and O–H groups in total. The molecule has 0 aliphatic heterocycles. The third-order valence-corrected chi connectivity index (χ3v) is 2.95. The second-order valence-corrected chi connectivity index (χ2v) is 5.09. The van der Waals surface area contributed by atoms with Crippen molar-refractivity contribution in [1.82, 2.24) is 15.2 Å². The molecule has 0 saturated heterocycles. The van der Waals surface area contributed by atoms with Crippen molar-refractivity contribution >= 4 is 40.7 Å². The monoisotopic (exact) mass is 327 g/mol. The summed E-state index contributed by atoms with van der Waals surface area (Å²) < 4.78 is 4.98. The summed E-state index contributed by atoms with van der Waals surface area (Å²) in [4.78, 5) is 4.30. The van der Waals surface area contributed by atoms with Crippen LogP contribution < -0.4 is 10.6 Å². The number of hydrogen-bond acceptors (Lipinski definition) is 6. The van der Waals surface area contributed by atoms with E-state index in [2.05, 4.69) is 25.8 Å². The number of aromatic nitrogens is 3. The van der Waals surface area contributed by atoms with Crippen LogP contribution in [0, 0.1) is 0 Å². The van der Waals surface area contributed by atoms with Crippen molar-refractivity contribution in [3.63, 3.8) is 0 Å². The van der Waals surface area contributed by atoms with E-state index >= 15 is 0 Å². The third-order valence-electron chi connectivity index (χ3n) is 2.51. The maximum Gasteiger partial charge on any atom is 0.249 e. The molecule has 0 radical (unpaired) electrons. The van der Waals surface area contributed by atoms with E-state index in [0.717, 1.165) is 13.0 Å². The van der Waals surface area contributed by atoms with Gasteiger partial charge in [-0.15, -0.1) is 5.10 Å². The van der Waals surface area contributed by atoms with Gasteiger partial charge in [-0.1, -0.05) is 23.2 Å². The highest BCUT2D eigenvalue weighted by atomic mass is 35.5. The first-order valence-electron chi connectivity index (χ1n) is 6.33. The number of anilines is 3. The fraction of sp³-hybridized carbons (Fsp3) is 0.308. The van der Waals surface area contributed by atoms with Crippen LogP contribution in [0.5, 0.6) is 0 Å². The normalized spacial score (nSPS) is 10.4. The standard InChI is InChI=1S/C13H15Cl2N5O/c1-21-4-2-3-16-12-8-17-20-13(19-12)18-11-6-9(14)5-10(15)7-11/h5-8H,2-4H2,1H3,(H2,16,18,19,20). The Morgan fingerprint density at radius 2 is 1.95 bits per heavy atom. The van der Waals surface area contributed by atoms with Crippen LogP contribution in [0.25, 0.3) is 0 Å². The highest BCUT2D eigenvalue weighted by Gasteiger charge is 2.03. The number of nitrogens with one attached hydrogen (secondary N) is 2. The summed E-state index contributed by atoms with van der Waals surface area (Å²) in [5.41, 5.74) is 0.700. The second-order valence-electron chi connectivity index (χ2n) is 4.22. The van der Waals surface area contributed by atoms with E-state index in [0.29, 0.717) is 34.1 Å². The van der Waals surface area contributed by atoms with Crippen molar-refractivity contribution in [3.8, 4) is 0 Å². The van der Waals surface area contributed by atoms with Crippen LogP contribution in [0.4, 0.5) is 17.5 Å². The van der Waals surface area contributed by atoms with Gasteiger partial charge in [0.25, 0.3) is 0 Å². The van der Waals surface area contributed by atoms with Gasteiger partial charge >= 0.3 is 0 Å². The van der Waals surface area contributed by atoms with E-state index in [-0.39, 0.29) is 0 Å². The summed E-state index contributed by atoms with van der Waals surface area (Å²) in [6, 6.07) is 5.12. The Hall–Kier alpha value is -1.63. The average molecular weight is 328 g/mol. The van der Waals surface area contributed by atoms with Gasteiger partial charge in [0.1, 0.15) is 0 Å². The Morgan fingerprint density at radius 3 is 2.67 bits per heavy atom. The number of rotatable bonds is 7. The second kappa shape index (κ2) is 7.97. The van der Waals surface area contributed by atoms with Crippen LogP contribution in [0.2, 0.25) is 10.0 Å². The molecule has 1 aromatic heterocycles. The molecule has 0 aliphatic rings. The first-order chi connectivity index (χ1) is 10.2. The predicted molar refractivity (Wildman–Crippen MR) is 84.6 cm³/mol. The van der Waals surface area contributed by atoms with Gasteiger partial charge in [0.15, 0.2) is 5.82 Å². The fourth-order valence-corrected chi connectivity index (χ4v) is 2.16. The van der Waals surface area contributed by atoms with E-state index < -0.39 is 0 Å². The molecular formula is C13H15Cl2N5O. The van der Waals surface area contributed by atoms with E-state index in [4.69, 9.17) is 27.9 Å². The Balaban J connectivity index is 2.00. The molecule has 0 spiro atoms. The van der Waals surface area contributed by atoms with Gasteiger partial charge in [-0.2, -0.15) is 10.1 Å². The largest absolute Gasteiger partial charge is 0.385 e. The van der Waals surface area contributed by atoms with Crippen LogP contribution in [-0.4, -0.2) is 35.4 Å². The maximum atomic E-state index is 5.94. The van der Waals surface area contributed by atoms with Crippen LogP contribution in [0.15, 0.2) is 24.4 Å².